The topological polar surface area (TPSA) is 44.0 Å². The smallest absolute Gasteiger partial charge is 0.115 e. The van der Waals surface area contributed by atoms with Gasteiger partial charge in [-0.2, -0.15) is 5.26 Å². The van der Waals surface area contributed by atoms with Crippen molar-refractivity contribution in [2.75, 3.05) is 0 Å². The number of phenols is 1. The van der Waals surface area contributed by atoms with E-state index in [1.807, 2.05) is 12.1 Å². The predicted octanol–water partition coefficient (Wildman–Crippen LogP) is 2.24. The van der Waals surface area contributed by atoms with E-state index in [1.165, 1.54) is 0 Å². The molecule has 12 heavy (non-hydrogen) atoms. The van der Waals surface area contributed by atoms with Crippen LogP contribution in [0, 0.1) is 11.3 Å². The summed E-state index contributed by atoms with van der Waals surface area (Å²) in [5.74, 6) is 0.296. The molecule has 0 aromatic heterocycles. The number of rotatable bonds is 3. The molecule has 0 aliphatic carbocycles. The van der Waals surface area contributed by atoms with Gasteiger partial charge in [-0.3, -0.25) is 0 Å². The van der Waals surface area contributed by atoms with Crippen LogP contribution in [0.4, 0.5) is 0 Å². The highest BCUT2D eigenvalue weighted by atomic mass is 16.3. The fraction of sp³-hybridized carbons (Fsp3) is 0.300. The minimum Gasteiger partial charge on any atom is -0.508 e. The Hall–Kier alpha value is -1.49. The number of hydrogen-bond acceptors (Lipinski definition) is 2. The largest absolute Gasteiger partial charge is 0.508 e. The fourth-order valence-electron chi connectivity index (χ4n) is 1.08. The third-order valence-electron chi connectivity index (χ3n) is 1.66. The zero-order valence-electron chi connectivity index (χ0n) is 6.83. The van der Waals surface area contributed by atoms with Crippen LogP contribution in [0.1, 0.15) is 18.4 Å². The molecule has 1 N–H and O–H groups in total. The van der Waals surface area contributed by atoms with E-state index in [-0.39, 0.29) is 0 Å². The molecular weight excluding hydrogens is 150 g/mol. The summed E-state index contributed by atoms with van der Waals surface area (Å²) >= 11 is 0. The number of unbranched alkanes of at least 4 members (excludes halogenated alkanes) is 1. The Morgan fingerprint density at radius 3 is 2.92 bits per heavy atom. The highest BCUT2D eigenvalue weighted by molar-refractivity contribution is 5.27. The molecule has 2 nitrogen and oxygen atoms in total. The lowest BCUT2D eigenvalue weighted by atomic mass is 10.1. The van der Waals surface area contributed by atoms with Crippen molar-refractivity contribution >= 4 is 0 Å². The molecule has 1 aromatic rings. The summed E-state index contributed by atoms with van der Waals surface area (Å²) < 4.78 is 0. The summed E-state index contributed by atoms with van der Waals surface area (Å²) in [6.45, 7) is 0. The third kappa shape index (κ3) is 2.63. The molecule has 62 valence electrons. The van der Waals surface area contributed by atoms with Crippen LogP contribution in [0.25, 0.3) is 0 Å². The minimum atomic E-state index is 0.296. The lowest BCUT2D eigenvalue weighted by Crippen LogP contribution is -1.83. The highest BCUT2D eigenvalue weighted by Gasteiger charge is 1.93. The third-order valence-corrected chi connectivity index (χ3v) is 1.66. The Balaban J connectivity index is 2.48. The second-order valence-electron chi connectivity index (χ2n) is 2.68. The van der Waals surface area contributed by atoms with Gasteiger partial charge in [0.05, 0.1) is 6.07 Å². The number of phenolic OH excluding ortho intramolecular Hbond substituents is 1. The fourth-order valence-corrected chi connectivity index (χ4v) is 1.08. The van der Waals surface area contributed by atoms with Crippen molar-refractivity contribution < 1.29 is 5.11 Å². The van der Waals surface area contributed by atoms with Crippen molar-refractivity contribution in [1.29, 1.82) is 5.26 Å². The molecule has 1 aromatic carbocycles. The number of aromatic hydroxyl groups is 1. The average Bonchev–Trinajstić information content (AvgIpc) is 2.05. The molecule has 0 aliphatic rings. The Labute approximate surface area is 72.1 Å². The Morgan fingerprint density at radius 2 is 2.25 bits per heavy atom. The number of nitriles is 1. The standard InChI is InChI=1S/C10H11NO/c11-7-2-1-4-9-5-3-6-10(12)8-9/h3,5-6,8,12H,1-2,4H2. The molecule has 0 unspecified atom stereocenters. The minimum absolute atomic E-state index is 0.296. The van der Waals surface area contributed by atoms with Gasteiger partial charge >= 0.3 is 0 Å². The summed E-state index contributed by atoms with van der Waals surface area (Å²) in [6, 6.07) is 9.24. The number of nitrogens with zero attached hydrogens (tertiary/aromatic N) is 1. The Morgan fingerprint density at radius 1 is 1.42 bits per heavy atom. The second-order valence-corrected chi connectivity index (χ2v) is 2.68. The van der Waals surface area contributed by atoms with Gasteiger partial charge in [0, 0.05) is 6.42 Å². The summed E-state index contributed by atoms with van der Waals surface area (Å²) in [6.07, 6.45) is 2.30. The van der Waals surface area contributed by atoms with Crippen molar-refractivity contribution in [3.05, 3.63) is 29.8 Å². The van der Waals surface area contributed by atoms with Crippen LogP contribution >= 0.6 is 0 Å². The van der Waals surface area contributed by atoms with Crippen molar-refractivity contribution in [3.8, 4) is 11.8 Å². The molecular formula is C10H11NO. The zero-order valence-corrected chi connectivity index (χ0v) is 6.83. The molecule has 1 rings (SSSR count). The molecule has 0 heterocycles. The van der Waals surface area contributed by atoms with Crippen molar-refractivity contribution in [2.45, 2.75) is 19.3 Å². The van der Waals surface area contributed by atoms with Gasteiger partial charge in [-0.15, -0.1) is 0 Å². The van der Waals surface area contributed by atoms with Gasteiger partial charge in [0.1, 0.15) is 5.75 Å². The maximum atomic E-state index is 9.10. The van der Waals surface area contributed by atoms with Gasteiger partial charge in [0.25, 0.3) is 0 Å². The number of aryl methyl sites for hydroxylation is 1. The van der Waals surface area contributed by atoms with Crippen molar-refractivity contribution in [1.82, 2.24) is 0 Å². The quantitative estimate of drug-likeness (QED) is 0.691. The summed E-state index contributed by atoms with van der Waals surface area (Å²) in [5, 5.41) is 17.4. The molecule has 0 bridgehead atoms. The normalized spacial score (nSPS) is 9.25. The highest BCUT2D eigenvalue weighted by Crippen LogP contribution is 2.12. The van der Waals surface area contributed by atoms with E-state index < -0.39 is 0 Å². The van der Waals surface area contributed by atoms with Crippen LogP contribution in [0.3, 0.4) is 0 Å². The lowest BCUT2D eigenvalue weighted by Gasteiger charge is -1.98. The van der Waals surface area contributed by atoms with Gasteiger partial charge in [-0.05, 0) is 30.5 Å². The van der Waals surface area contributed by atoms with E-state index in [2.05, 4.69) is 6.07 Å². The van der Waals surface area contributed by atoms with Gasteiger partial charge in [0.15, 0.2) is 0 Å². The molecule has 0 saturated carbocycles. The average molecular weight is 161 g/mol. The van der Waals surface area contributed by atoms with Gasteiger partial charge in [0.2, 0.25) is 0 Å². The predicted molar refractivity (Wildman–Crippen MR) is 46.7 cm³/mol. The lowest BCUT2D eigenvalue weighted by molar-refractivity contribution is 0.474. The van der Waals surface area contributed by atoms with E-state index in [1.54, 1.807) is 12.1 Å². The molecule has 0 aliphatic heterocycles. The molecule has 0 atom stereocenters. The SMILES string of the molecule is N#CCCCc1cccc(O)c1. The van der Waals surface area contributed by atoms with Crippen LogP contribution in [0.2, 0.25) is 0 Å². The van der Waals surface area contributed by atoms with Crippen LogP contribution in [-0.2, 0) is 6.42 Å². The Kier molecular flexibility index (Phi) is 3.16. The molecule has 0 amide bonds. The van der Waals surface area contributed by atoms with Crippen LogP contribution in [0.5, 0.6) is 5.75 Å². The maximum Gasteiger partial charge on any atom is 0.115 e. The molecule has 0 saturated heterocycles. The first-order valence-electron chi connectivity index (χ1n) is 3.98. The molecule has 0 radical (unpaired) electrons. The van der Waals surface area contributed by atoms with Gasteiger partial charge in [-0.1, -0.05) is 12.1 Å². The molecule has 0 spiro atoms. The van der Waals surface area contributed by atoms with Crippen molar-refractivity contribution in [2.24, 2.45) is 0 Å². The molecule has 0 fully saturated rings. The number of benzene rings is 1. The van der Waals surface area contributed by atoms with E-state index in [0.29, 0.717) is 12.2 Å². The van der Waals surface area contributed by atoms with Gasteiger partial charge in [-0.25, -0.2) is 0 Å². The van der Waals surface area contributed by atoms with E-state index in [0.717, 1.165) is 18.4 Å². The van der Waals surface area contributed by atoms with E-state index in [9.17, 15) is 0 Å². The zero-order chi connectivity index (χ0) is 8.81. The van der Waals surface area contributed by atoms with E-state index in [4.69, 9.17) is 10.4 Å². The summed E-state index contributed by atoms with van der Waals surface area (Å²) in [7, 11) is 0. The first-order chi connectivity index (χ1) is 5.83. The Bertz CT molecular complexity index is 288. The summed E-state index contributed by atoms with van der Waals surface area (Å²) in [4.78, 5) is 0. The van der Waals surface area contributed by atoms with E-state index >= 15 is 0 Å². The first-order valence-corrected chi connectivity index (χ1v) is 3.98. The molecule has 2 heteroatoms. The number of hydrogen-bond donors (Lipinski definition) is 1. The maximum absolute atomic E-state index is 9.10. The second kappa shape index (κ2) is 4.40. The first kappa shape index (κ1) is 8.61. The summed E-state index contributed by atoms with van der Waals surface area (Å²) in [5.41, 5.74) is 1.09. The van der Waals surface area contributed by atoms with Crippen LogP contribution in [0.15, 0.2) is 24.3 Å². The van der Waals surface area contributed by atoms with Crippen molar-refractivity contribution in [3.63, 3.8) is 0 Å². The van der Waals surface area contributed by atoms with Gasteiger partial charge < -0.3 is 5.11 Å². The monoisotopic (exact) mass is 161 g/mol. The van der Waals surface area contributed by atoms with Crippen LogP contribution in [-0.4, -0.2) is 5.11 Å². The van der Waals surface area contributed by atoms with Crippen LogP contribution < -0.4 is 0 Å².